The second-order valence-corrected chi connectivity index (χ2v) is 5.82. The zero-order valence-corrected chi connectivity index (χ0v) is 12.2. The third-order valence-electron chi connectivity index (χ3n) is 4.23. The van der Waals surface area contributed by atoms with Crippen molar-refractivity contribution in [1.29, 1.82) is 0 Å². The Labute approximate surface area is 128 Å². The van der Waals surface area contributed by atoms with Crippen LogP contribution in [0.25, 0.3) is 0 Å². The molecule has 0 bridgehead atoms. The summed E-state index contributed by atoms with van der Waals surface area (Å²) in [6, 6.07) is -0.593. The molecule has 0 aromatic carbocycles. The smallest absolute Gasteiger partial charge is 0.345 e. The highest BCUT2D eigenvalue weighted by molar-refractivity contribution is 5.21. The second kappa shape index (κ2) is 8.12. The highest BCUT2D eigenvalue weighted by Crippen LogP contribution is 2.23. The Morgan fingerprint density at radius 2 is 1.86 bits per heavy atom. The molecule has 0 amide bonds. The number of nitrogens with one attached hydrogen (secondary N) is 1. The molecular formula is C15H23F2NO4. The van der Waals surface area contributed by atoms with Crippen LogP contribution < -0.4 is 5.32 Å². The summed E-state index contributed by atoms with van der Waals surface area (Å²) in [4.78, 5) is 0. The minimum Gasteiger partial charge on any atom is -0.388 e. The summed E-state index contributed by atoms with van der Waals surface area (Å²) in [5, 5.41) is 32.7. The van der Waals surface area contributed by atoms with Crippen LogP contribution >= 0.6 is 0 Å². The Hall–Kier alpha value is -0.860. The summed E-state index contributed by atoms with van der Waals surface area (Å²) in [6.45, 7) is -2.79. The third-order valence-corrected chi connectivity index (χ3v) is 4.23. The van der Waals surface area contributed by atoms with E-state index in [0.29, 0.717) is 12.5 Å². The minimum absolute atomic E-state index is 0.151. The SMILES string of the molecule is O[C@@H]1[C@@H](O)[C@@H](O)C(COC(F)F)=C[C@H]1NCCC1CC=CC1. The van der Waals surface area contributed by atoms with Gasteiger partial charge in [-0.3, -0.25) is 0 Å². The largest absolute Gasteiger partial charge is 0.388 e. The number of alkyl halides is 2. The molecule has 0 unspecified atom stereocenters. The fraction of sp³-hybridized carbons (Fsp3) is 0.733. The summed E-state index contributed by atoms with van der Waals surface area (Å²) >= 11 is 0. The molecule has 0 spiro atoms. The van der Waals surface area contributed by atoms with Crippen LogP contribution in [0.5, 0.6) is 0 Å². The van der Waals surface area contributed by atoms with Gasteiger partial charge in [-0.05, 0) is 37.3 Å². The van der Waals surface area contributed by atoms with Gasteiger partial charge in [-0.15, -0.1) is 0 Å². The van der Waals surface area contributed by atoms with E-state index in [-0.39, 0.29) is 5.57 Å². The Morgan fingerprint density at radius 3 is 2.50 bits per heavy atom. The Balaban J connectivity index is 1.88. The summed E-state index contributed by atoms with van der Waals surface area (Å²) < 4.78 is 28.4. The van der Waals surface area contributed by atoms with E-state index in [9.17, 15) is 24.1 Å². The van der Waals surface area contributed by atoms with Crippen molar-refractivity contribution in [3.63, 3.8) is 0 Å². The average molecular weight is 319 g/mol. The maximum atomic E-state index is 12.1. The molecule has 2 aliphatic rings. The Bertz CT molecular complexity index is 408. The Kier molecular flexibility index (Phi) is 6.46. The van der Waals surface area contributed by atoms with Gasteiger partial charge in [0.05, 0.1) is 12.6 Å². The van der Waals surface area contributed by atoms with Crippen molar-refractivity contribution in [3.8, 4) is 0 Å². The van der Waals surface area contributed by atoms with Crippen LogP contribution in [0, 0.1) is 5.92 Å². The third kappa shape index (κ3) is 4.57. The second-order valence-electron chi connectivity index (χ2n) is 5.82. The fourth-order valence-electron chi connectivity index (χ4n) is 2.88. The van der Waals surface area contributed by atoms with E-state index in [1.54, 1.807) is 0 Å². The molecule has 2 aliphatic carbocycles. The summed E-state index contributed by atoms with van der Waals surface area (Å²) in [5.41, 5.74) is 0.151. The Morgan fingerprint density at radius 1 is 1.18 bits per heavy atom. The molecule has 0 aromatic heterocycles. The van der Waals surface area contributed by atoms with Crippen molar-refractivity contribution in [1.82, 2.24) is 5.32 Å². The number of halogens is 2. The van der Waals surface area contributed by atoms with Gasteiger partial charge in [0.25, 0.3) is 0 Å². The zero-order valence-electron chi connectivity index (χ0n) is 12.2. The molecule has 0 aliphatic heterocycles. The molecule has 4 atom stereocenters. The lowest BCUT2D eigenvalue weighted by Gasteiger charge is -2.35. The number of hydrogen-bond acceptors (Lipinski definition) is 5. The highest BCUT2D eigenvalue weighted by Gasteiger charge is 2.37. The molecule has 7 heteroatoms. The van der Waals surface area contributed by atoms with Crippen LogP contribution in [0.15, 0.2) is 23.8 Å². The normalized spacial score (nSPS) is 32.7. The first-order valence-corrected chi connectivity index (χ1v) is 7.52. The molecule has 0 aromatic rings. The molecule has 4 N–H and O–H groups in total. The first-order chi connectivity index (χ1) is 10.5. The van der Waals surface area contributed by atoms with Crippen molar-refractivity contribution in [2.24, 2.45) is 5.92 Å². The number of ether oxygens (including phenoxy) is 1. The molecule has 0 saturated carbocycles. The van der Waals surface area contributed by atoms with Crippen LogP contribution in [-0.2, 0) is 4.74 Å². The van der Waals surface area contributed by atoms with Gasteiger partial charge in [0.1, 0.15) is 18.3 Å². The number of hydrogen-bond donors (Lipinski definition) is 4. The molecule has 0 heterocycles. The van der Waals surface area contributed by atoms with Gasteiger partial charge in [-0.2, -0.15) is 8.78 Å². The highest BCUT2D eigenvalue weighted by atomic mass is 19.3. The monoisotopic (exact) mass is 319 g/mol. The van der Waals surface area contributed by atoms with Gasteiger partial charge in [-0.1, -0.05) is 18.2 Å². The lowest BCUT2D eigenvalue weighted by molar-refractivity contribution is -0.129. The van der Waals surface area contributed by atoms with Gasteiger partial charge in [0.15, 0.2) is 0 Å². The quantitative estimate of drug-likeness (QED) is 0.516. The molecule has 0 fully saturated rings. The lowest BCUT2D eigenvalue weighted by Crippen LogP contribution is -2.54. The number of aliphatic hydroxyl groups is 3. The molecule has 5 nitrogen and oxygen atoms in total. The van der Waals surface area contributed by atoms with E-state index in [0.717, 1.165) is 19.3 Å². The fourth-order valence-corrected chi connectivity index (χ4v) is 2.88. The average Bonchev–Trinajstić information content (AvgIpc) is 2.99. The predicted molar refractivity (Wildman–Crippen MR) is 76.3 cm³/mol. The van der Waals surface area contributed by atoms with E-state index < -0.39 is 37.6 Å². The minimum atomic E-state index is -2.95. The van der Waals surface area contributed by atoms with Gasteiger partial charge in [-0.25, -0.2) is 0 Å². The van der Waals surface area contributed by atoms with Crippen LogP contribution in [0.2, 0.25) is 0 Å². The number of rotatable bonds is 7. The van der Waals surface area contributed by atoms with Crippen LogP contribution in [-0.4, -0.2) is 59.4 Å². The van der Waals surface area contributed by atoms with Crippen LogP contribution in [0.4, 0.5) is 8.78 Å². The van der Waals surface area contributed by atoms with Crippen LogP contribution in [0.3, 0.4) is 0 Å². The van der Waals surface area contributed by atoms with Gasteiger partial charge >= 0.3 is 6.61 Å². The number of aliphatic hydroxyl groups excluding tert-OH is 3. The summed E-state index contributed by atoms with van der Waals surface area (Å²) in [6.07, 6.45) is 4.74. The van der Waals surface area contributed by atoms with Crippen molar-refractivity contribution in [3.05, 3.63) is 23.8 Å². The zero-order chi connectivity index (χ0) is 16.1. The maximum Gasteiger partial charge on any atom is 0.345 e. The summed E-state index contributed by atoms with van der Waals surface area (Å²) in [7, 11) is 0. The lowest BCUT2D eigenvalue weighted by atomic mass is 9.88. The van der Waals surface area contributed by atoms with Gasteiger partial charge in [0, 0.05) is 0 Å². The van der Waals surface area contributed by atoms with E-state index in [2.05, 4.69) is 22.2 Å². The first-order valence-electron chi connectivity index (χ1n) is 7.52. The van der Waals surface area contributed by atoms with Crippen molar-refractivity contribution in [2.75, 3.05) is 13.2 Å². The van der Waals surface area contributed by atoms with Crippen molar-refractivity contribution in [2.45, 2.75) is 50.2 Å². The van der Waals surface area contributed by atoms with Crippen molar-refractivity contribution < 1.29 is 28.8 Å². The summed E-state index contributed by atoms with van der Waals surface area (Å²) in [5.74, 6) is 0.578. The molecule has 126 valence electrons. The molecule has 22 heavy (non-hydrogen) atoms. The van der Waals surface area contributed by atoms with E-state index in [4.69, 9.17) is 0 Å². The number of allylic oxidation sites excluding steroid dienone is 2. The molecular weight excluding hydrogens is 296 g/mol. The first kappa shape index (κ1) is 17.5. The molecule has 2 rings (SSSR count). The standard InChI is InChI=1S/C15H23F2NO4/c16-15(17)22-8-10-7-11(13(20)14(21)12(10)19)18-6-5-9-3-1-2-4-9/h1-2,7,9,11-15,18-21H,3-6,8H2/t11-,12+,13+,14+/m1/s1. The van der Waals surface area contributed by atoms with E-state index >= 15 is 0 Å². The van der Waals surface area contributed by atoms with Crippen molar-refractivity contribution >= 4 is 0 Å². The molecule has 0 saturated heterocycles. The van der Waals surface area contributed by atoms with E-state index in [1.807, 2.05) is 0 Å². The molecule has 0 radical (unpaired) electrons. The van der Waals surface area contributed by atoms with Gasteiger partial charge in [0.2, 0.25) is 0 Å². The topological polar surface area (TPSA) is 82.0 Å². The van der Waals surface area contributed by atoms with Crippen LogP contribution in [0.1, 0.15) is 19.3 Å². The van der Waals surface area contributed by atoms with Gasteiger partial charge < -0.3 is 25.4 Å². The predicted octanol–water partition coefficient (Wildman–Crippen LogP) is 0.563. The van der Waals surface area contributed by atoms with E-state index in [1.165, 1.54) is 6.08 Å². The maximum absolute atomic E-state index is 12.1.